The number of fused-ring (bicyclic) bond motifs is 1. The predicted octanol–water partition coefficient (Wildman–Crippen LogP) is 7.86. The van der Waals surface area contributed by atoms with Gasteiger partial charge in [0, 0.05) is 33.1 Å². The number of hydrogen-bond donors (Lipinski definition) is 1. The van der Waals surface area contributed by atoms with Crippen LogP contribution >= 0.6 is 22.6 Å². The second-order valence-corrected chi connectivity index (χ2v) is 12.1. The SMILES string of the molecule is CC(C)C(=O)Nc1cccc(C2CCN(CCCc3c(-c4ccc(I)cc4)n(C)c4ccccc34)CC2)c1. The number of hydrogen-bond acceptors (Lipinski definition) is 2. The molecule has 1 aliphatic heterocycles. The first-order valence-corrected chi connectivity index (χ1v) is 14.9. The highest BCUT2D eigenvalue weighted by Crippen LogP contribution is 2.35. The summed E-state index contributed by atoms with van der Waals surface area (Å²) in [6.45, 7) is 7.25. The maximum atomic E-state index is 12.1. The van der Waals surface area contributed by atoms with E-state index in [0.717, 1.165) is 38.2 Å². The molecule has 1 saturated heterocycles. The molecule has 0 radical (unpaired) electrons. The van der Waals surface area contributed by atoms with Crippen molar-refractivity contribution in [2.75, 3.05) is 25.0 Å². The van der Waals surface area contributed by atoms with E-state index >= 15 is 0 Å². The Morgan fingerprint density at radius 1 is 1.00 bits per heavy atom. The van der Waals surface area contributed by atoms with E-state index in [0.29, 0.717) is 5.92 Å². The molecule has 5 rings (SSSR count). The zero-order valence-electron chi connectivity index (χ0n) is 22.7. The molecule has 0 aliphatic carbocycles. The number of anilines is 1. The molecule has 0 bridgehead atoms. The number of amides is 1. The van der Waals surface area contributed by atoms with Gasteiger partial charge in [0.2, 0.25) is 5.91 Å². The number of rotatable bonds is 8. The topological polar surface area (TPSA) is 37.3 Å². The van der Waals surface area contributed by atoms with Crippen LogP contribution in [0.2, 0.25) is 0 Å². The highest BCUT2D eigenvalue weighted by Gasteiger charge is 2.22. The Kier molecular flexibility index (Phi) is 8.54. The van der Waals surface area contributed by atoms with Gasteiger partial charge in [0.25, 0.3) is 0 Å². The Morgan fingerprint density at radius 2 is 1.74 bits per heavy atom. The number of halogens is 1. The van der Waals surface area contributed by atoms with Gasteiger partial charge in [-0.15, -0.1) is 0 Å². The van der Waals surface area contributed by atoms with Crippen molar-refractivity contribution in [1.29, 1.82) is 0 Å². The molecule has 0 saturated carbocycles. The van der Waals surface area contributed by atoms with Gasteiger partial charge in [-0.05, 0) is 121 Å². The Bertz CT molecular complexity index is 1400. The minimum absolute atomic E-state index is 0.0107. The summed E-state index contributed by atoms with van der Waals surface area (Å²) in [5.74, 6) is 0.629. The van der Waals surface area contributed by atoms with Crippen molar-refractivity contribution in [3.8, 4) is 11.3 Å². The Balaban J connectivity index is 1.21. The first-order chi connectivity index (χ1) is 18.4. The molecule has 0 atom stereocenters. The normalized spacial score (nSPS) is 14.9. The summed E-state index contributed by atoms with van der Waals surface area (Å²) < 4.78 is 3.64. The molecule has 5 heteroatoms. The molecule has 38 heavy (non-hydrogen) atoms. The molecule has 3 aromatic carbocycles. The van der Waals surface area contributed by atoms with Gasteiger partial charge < -0.3 is 14.8 Å². The fourth-order valence-corrected chi connectivity index (χ4v) is 6.19. The number of aryl methyl sites for hydroxylation is 2. The van der Waals surface area contributed by atoms with E-state index in [9.17, 15) is 4.79 Å². The van der Waals surface area contributed by atoms with Crippen molar-refractivity contribution in [2.45, 2.75) is 45.4 Å². The second-order valence-electron chi connectivity index (χ2n) is 10.9. The summed E-state index contributed by atoms with van der Waals surface area (Å²) in [6.07, 6.45) is 4.58. The zero-order valence-corrected chi connectivity index (χ0v) is 24.9. The number of piperidine rings is 1. The third-order valence-corrected chi connectivity index (χ3v) is 8.69. The number of carbonyl (C=O) groups excluding carboxylic acids is 1. The fourth-order valence-electron chi connectivity index (χ4n) is 5.83. The van der Waals surface area contributed by atoms with Gasteiger partial charge in [0.05, 0.1) is 5.69 Å². The van der Waals surface area contributed by atoms with Gasteiger partial charge in [-0.2, -0.15) is 0 Å². The third kappa shape index (κ3) is 5.99. The molecule has 0 spiro atoms. The molecule has 1 aromatic heterocycles. The number of nitrogens with zero attached hydrogens (tertiary/aromatic N) is 2. The van der Waals surface area contributed by atoms with Crippen LogP contribution in [-0.2, 0) is 18.3 Å². The smallest absolute Gasteiger partial charge is 0.226 e. The fraction of sp³-hybridized carbons (Fsp3) is 0.364. The van der Waals surface area contributed by atoms with Crippen molar-refractivity contribution in [3.63, 3.8) is 0 Å². The van der Waals surface area contributed by atoms with Gasteiger partial charge >= 0.3 is 0 Å². The van der Waals surface area contributed by atoms with Crippen LogP contribution in [0.4, 0.5) is 5.69 Å². The van der Waals surface area contributed by atoms with E-state index in [1.54, 1.807) is 0 Å². The van der Waals surface area contributed by atoms with Crippen LogP contribution in [0.15, 0.2) is 72.8 Å². The molecule has 1 N–H and O–H groups in total. The van der Waals surface area contributed by atoms with Gasteiger partial charge in [0.15, 0.2) is 0 Å². The van der Waals surface area contributed by atoms with E-state index in [1.165, 1.54) is 49.7 Å². The minimum atomic E-state index is -0.0107. The van der Waals surface area contributed by atoms with Crippen LogP contribution in [0.5, 0.6) is 0 Å². The van der Waals surface area contributed by atoms with Crippen molar-refractivity contribution in [1.82, 2.24) is 9.47 Å². The van der Waals surface area contributed by atoms with Crippen LogP contribution < -0.4 is 5.32 Å². The monoisotopic (exact) mass is 619 g/mol. The lowest BCUT2D eigenvalue weighted by atomic mass is 9.89. The average Bonchev–Trinajstić information content (AvgIpc) is 3.21. The van der Waals surface area contributed by atoms with Crippen LogP contribution in [0.1, 0.15) is 50.2 Å². The molecule has 4 aromatic rings. The third-order valence-electron chi connectivity index (χ3n) is 7.97. The Morgan fingerprint density at radius 3 is 2.47 bits per heavy atom. The van der Waals surface area contributed by atoms with Crippen molar-refractivity contribution in [2.24, 2.45) is 13.0 Å². The molecular weight excluding hydrogens is 581 g/mol. The van der Waals surface area contributed by atoms with Crippen molar-refractivity contribution < 1.29 is 4.79 Å². The molecule has 198 valence electrons. The van der Waals surface area contributed by atoms with Gasteiger partial charge in [-0.1, -0.05) is 56.3 Å². The standard InChI is InChI=1S/C33H38IN3O/c1-23(2)33(38)35-28-9-6-8-26(22-28)24-17-20-37(21-18-24)19-7-11-30-29-10-4-5-12-31(29)36(3)32(30)25-13-15-27(34)16-14-25/h4-6,8-10,12-16,22-24H,7,11,17-21H2,1-3H3,(H,35,38). The quantitative estimate of drug-likeness (QED) is 0.204. The van der Waals surface area contributed by atoms with E-state index < -0.39 is 0 Å². The molecule has 4 nitrogen and oxygen atoms in total. The number of carbonyl (C=O) groups is 1. The van der Waals surface area contributed by atoms with Gasteiger partial charge in [-0.3, -0.25) is 4.79 Å². The minimum Gasteiger partial charge on any atom is -0.343 e. The van der Waals surface area contributed by atoms with E-state index in [1.807, 2.05) is 19.9 Å². The lowest BCUT2D eigenvalue weighted by molar-refractivity contribution is -0.118. The number of para-hydroxylation sites is 1. The lowest BCUT2D eigenvalue weighted by Gasteiger charge is -2.32. The van der Waals surface area contributed by atoms with Gasteiger partial charge in [0.1, 0.15) is 0 Å². The summed E-state index contributed by atoms with van der Waals surface area (Å²) in [6, 6.07) is 26.2. The van der Waals surface area contributed by atoms with Crippen LogP contribution in [-0.4, -0.2) is 35.0 Å². The molecule has 1 amide bonds. The molecule has 2 heterocycles. The highest BCUT2D eigenvalue weighted by atomic mass is 127. The molecular formula is C33H38IN3O. The van der Waals surface area contributed by atoms with Crippen molar-refractivity contribution >= 4 is 45.1 Å². The average molecular weight is 620 g/mol. The van der Waals surface area contributed by atoms with Crippen LogP contribution in [0.25, 0.3) is 22.2 Å². The number of nitrogens with one attached hydrogen (secondary N) is 1. The number of aromatic nitrogens is 1. The highest BCUT2D eigenvalue weighted by molar-refractivity contribution is 14.1. The summed E-state index contributed by atoms with van der Waals surface area (Å²) in [7, 11) is 2.20. The number of likely N-dealkylation sites (tertiary alicyclic amines) is 1. The van der Waals surface area contributed by atoms with E-state index in [2.05, 4.69) is 111 Å². The van der Waals surface area contributed by atoms with E-state index in [4.69, 9.17) is 0 Å². The largest absolute Gasteiger partial charge is 0.343 e. The van der Waals surface area contributed by atoms with Crippen LogP contribution in [0.3, 0.4) is 0 Å². The first kappa shape index (κ1) is 26.9. The van der Waals surface area contributed by atoms with Gasteiger partial charge in [-0.25, -0.2) is 0 Å². The summed E-state index contributed by atoms with van der Waals surface area (Å²) in [5.41, 5.74) is 7.70. The first-order valence-electron chi connectivity index (χ1n) is 13.9. The number of benzene rings is 3. The molecule has 1 aliphatic rings. The predicted molar refractivity (Wildman–Crippen MR) is 168 cm³/mol. The lowest BCUT2D eigenvalue weighted by Crippen LogP contribution is -2.33. The molecule has 1 fully saturated rings. The maximum Gasteiger partial charge on any atom is 0.226 e. The van der Waals surface area contributed by atoms with E-state index in [-0.39, 0.29) is 11.8 Å². The molecule has 0 unspecified atom stereocenters. The van der Waals surface area contributed by atoms with Crippen LogP contribution in [0, 0.1) is 9.49 Å². The Labute approximate surface area is 240 Å². The maximum absolute atomic E-state index is 12.1. The summed E-state index contributed by atoms with van der Waals surface area (Å²) in [5, 5.41) is 4.44. The second kappa shape index (κ2) is 12.0. The zero-order chi connectivity index (χ0) is 26.6. The summed E-state index contributed by atoms with van der Waals surface area (Å²) >= 11 is 2.38. The van der Waals surface area contributed by atoms with Crippen molar-refractivity contribution in [3.05, 3.63) is 87.5 Å². The summed E-state index contributed by atoms with van der Waals surface area (Å²) in [4.78, 5) is 14.8. The Hall–Kier alpha value is -2.64.